The molecule has 4 heterocycles. The number of furan rings is 1. The maximum atomic E-state index is 12.8. The van der Waals surface area contributed by atoms with E-state index in [2.05, 4.69) is 20.6 Å². The van der Waals surface area contributed by atoms with Gasteiger partial charge in [0, 0.05) is 12.6 Å². The lowest BCUT2D eigenvalue weighted by molar-refractivity contribution is -0.116. The van der Waals surface area contributed by atoms with Crippen molar-refractivity contribution in [3.8, 4) is 11.5 Å². The van der Waals surface area contributed by atoms with Crippen molar-refractivity contribution in [3.05, 3.63) is 46.1 Å². The number of fused-ring (bicyclic) bond motifs is 1. The summed E-state index contributed by atoms with van der Waals surface area (Å²) in [6.07, 6.45) is 7.39. The van der Waals surface area contributed by atoms with Gasteiger partial charge in [0.05, 0.1) is 17.5 Å². The fourth-order valence-corrected chi connectivity index (χ4v) is 4.32. The average molecular weight is 367 g/mol. The molecule has 140 valence electrons. The second-order valence-corrected chi connectivity index (χ2v) is 7.34. The number of nitrogens with one attached hydrogen (secondary N) is 3. The van der Waals surface area contributed by atoms with E-state index < -0.39 is 0 Å². The van der Waals surface area contributed by atoms with Crippen molar-refractivity contribution in [3.63, 3.8) is 0 Å². The zero-order valence-electron chi connectivity index (χ0n) is 14.8. The second kappa shape index (κ2) is 6.29. The van der Waals surface area contributed by atoms with Gasteiger partial charge in [-0.1, -0.05) is 19.3 Å². The van der Waals surface area contributed by atoms with Crippen LogP contribution in [0.2, 0.25) is 0 Å². The zero-order chi connectivity index (χ0) is 18.4. The van der Waals surface area contributed by atoms with Gasteiger partial charge in [-0.05, 0) is 31.0 Å². The van der Waals surface area contributed by atoms with Crippen molar-refractivity contribution < 1.29 is 9.21 Å². The molecule has 0 bridgehead atoms. The van der Waals surface area contributed by atoms with Crippen molar-refractivity contribution in [2.45, 2.75) is 50.5 Å². The summed E-state index contributed by atoms with van der Waals surface area (Å²) in [5.41, 5.74) is 1.20. The first-order chi connectivity index (χ1) is 13.2. The van der Waals surface area contributed by atoms with E-state index >= 15 is 0 Å². The fourth-order valence-electron chi connectivity index (χ4n) is 4.32. The average Bonchev–Trinajstić information content (AvgIpc) is 3.42. The molecule has 1 amide bonds. The van der Waals surface area contributed by atoms with Crippen molar-refractivity contribution in [2.75, 3.05) is 5.32 Å². The first-order valence-corrected chi connectivity index (χ1v) is 9.44. The van der Waals surface area contributed by atoms with Crippen LogP contribution in [0.4, 0.5) is 5.82 Å². The van der Waals surface area contributed by atoms with E-state index in [1.807, 2.05) is 22.9 Å². The summed E-state index contributed by atoms with van der Waals surface area (Å²) in [4.78, 5) is 25.2. The van der Waals surface area contributed by atoms with Crippen LogP contribution in [0, 0.1) is 0 Å². The van der Waals surface area contributed by atoms with Gasteiger partial charge in [0.25, 0.3) is 5.56 Å². The van der Waals surface area contributed by atoms with Crippen LogP contribution in [-0.2, 0) is 4.79 Å². The Hall–Kier alpha value is -3.03. The van der Waals surface area contributed by atoms with Gasteiger partial charge in [0.2, 0.25) is 5.91 Å². The summed E-state index contributed by atoms with van der Waals surface area (Å²) in [7, 11) is 0. The third kappa shape index (κ3) is 2.72. The molecule has 1 atom stereocenters. The number of carbonyl (C=O) groups is 1. The van der Waals surface area contributed by atoms with Gasteiger partial charge in [0.15, 0.2) is 5.76 Å². The number of amides is 1. The molecule has 1 saturated carbocycles. The second-order valence-electron chi connectivity index (χ2n) is 7.34. The molecule has 2 aliphatic rings. The molecule has 3 N–H and O–H groups in total. The number of H-pyrrole nitrogens is 2. The van der Waals surface area contributed by atoms with Crippen molar-refractivity contribution in [1.29, 1.82) is 0 Å². The van der Waals surface area contributed by atoms with E-state index in [4.69, 9.17) is 4.42 Å². The Morgan fingerprint density at radius 2 is 1.96 bits per heavy atom. The number of rotatable bonds is 3. The van der Waals surface area contributed by atoms with Gasteiger partial charge < -0.3 is 9.73 Å². The van der Waals surface area contributed by atoms with Crippen molar-refractivity contribution >= 4 is 11.7 Å². The minimum Gasteiger partial charge on any atom is -0.459 e. The molecule has 5 rings (SSSR count). The Morgan fingerprint density at radius 1 is 1.11 bits per heavy atom. The zero-order valence-corrected chi connectivity index (χ0v) is 14.8. The molecule has 1 fully saturated rings. The van der Waals surface area contributed by atoms with Gasteiger partial charge >= 0.3 is 0 Å². The van der Waals surface area contributed by atoms with E-state index in [1.165, 1.54) is 6.42 Å². The predicted molar refractivity (Wildman–Crippen MR) is 98.6 cm³/mol. The lowest BCUT2D eigenvalue weighted by atomic mass is 9.91. The quantitative estimate of drug-likeness (QED) is 0.661. The van der Waals surface area contributed by atoms with Gasteiger partial charge in [-0.3, -0.25) is 24.5 Å². The summed E-state index contributed by atoms with van der Waals surface area (Å²) in [6, 6.07) is 5.71. The molecule has 0 unspecified atom stereocenters. The highest BCUT2D eigenvalue weighted by Crippen LogP contribution is 2.39. The summed E-state index contributed by atoms with van der Waals surface area (Å²) >= 11 is 0. The Labute approximate surface area is 154 Å². The molecule has 1 aliphatic carbocycles. The van der Waals surface area contributed by atoms with Crippen LogP contribution >= 0.6 is 0 Å². The number of hydrogen-bond donors (Lipinski definition) is 3. The maximum absolute atomic E-state index is 12.8. The normalized spacial score (nSPS) is 20.4. The highest BCUT2D eigenvalue weighted by atomic mass is 16.3. The SMILES string of the molecule is O=C1C[C@H](c2ccc(-c3ccn[nH]3)o2)c2c(n(C3CCCCC3)[nH]c2=O)N1. The molecule has 1 aliphatic heterocycles. The molecule has 3 aromatic heterocycles. The molecular weight excluding hydrogens is 346 g/mol. The molecule has 8 nitrogen and oxygen atoms in total. The van der Waals surface area contributed by atoms with E-state index in [0.29, 0.717) is 22.9 Å². The number of carbonyl (C=O) groups excluding carboxylic acids is 1. The molecule has 0 aromatic carbocycles. The lowest BCUT2D eigenvalue weighted by Gasteiger charge is -2.27. The highest BCUT2D eigenvalue weighted by Gasteiger charge is 2.36. The molecule has 0 saturated heterocycles. The van der Waals surface area contributed by atoms with Crippen LogP contribution in [0.25, 0.3) is 11.5 Å². The van der Waals surface area contributed by atoms with E-state index in [1.54, 1.807) is 6.20 Å². The van der Waals surface area contributed by atoms with E-state index in [0.717, 1.165) is 31.4 Å². The third-order valence-corrected chi connectivity index (χ3v) is 5.63. The third-order valence-electron chi connectivity index (χ3n) is 5.63. The fraction of sp³-hybridized carbons (Fsp3) is 0.421. The van der Waals surface area contributed by atoms with Crippen LogP contribution < -0.4 is 10.9 Å². The molecular formula is C19H21N5O3. The van der Waals surface area contributed by atoms with Gasteiger partial charge in [-0.25, -0.2) is 0 Å². The van der Waals surface area contributed by atoms with E-state index in [-0.39, 0.29) is 29.8 Å². The largest absolute Gasteiger partial charge is 0.459 e. The summed E-state index contributed by atoms with van der Waals surface area (Å²) in [5, 5.41) is 12.7. The minimum absolute atomic E-state index is 0.101. The molecule has 27 heavy (non-hydrogen) atoms. The Morgan fingerprint density at radius 3 is 2.74 bits per heavy atom. The number of nitrogens with zero attached hydrogens (tertiary/aromatic N) is 2. The van der Waals surface area contributed by atoms with E-state index in [9.17, 15) is 9.59 Å². The smallest absolute Gasteiger partial charge is 0.270 e. The Balaban J connectivity index is 1.56. The minimum atomic E-state index is -0.390. The first-order valence-electron chi connectivity index (χ1n) is 9.44. The van der Waals surface area contributed by atoms with Gasteiger partial charge in [-0.2, -0.15) is 5.10 Å². The first kappa shape index (κ1) is 16.2. The Bertz CT molecular complexity index is 1020. The molecule has 0 spiro atoms. The van der Waals surface area contributed by atoms with Crippen LogP contribution in [0.5, 0.6) is 0 Å². The molecule has 3 aromatic rings. The summed E-state index contributed by atoms with van der Waals surface area (Å²) in [5.74, 6) is 1.36. The molecule has 8 heteroatoms. The number of hydrogen-bond acceptors (Lipinski definition) is 4. The van der Waals surface area contributed by atoms with Crippen LogP contribution in [0.15, 0.2) is 33.6 Å². The lowest BCUT2D eigenvalue weighted by Crippen LogP contribution is -2.27. The van der Waals surface area contributed by atoms with Crippen molar-refractivity contribution in [2.24, 2.45) is 0 Å². The standard InChI is InChI=1S/C19H21N5O3/c25-16-10-12(14-6-7-15(27-14)13-8-9-20-22-13)17-18(21-16)24(23-19(17)26)11-4-2-1-3-5-11/h6-9,11-12H,1-5,10H2,(H,20,22)(H,21,25)(H,23,26)/t12-/m1/s1. The van der Waals surface area contributed by atoms with Crippen LogP contribution in [-0.4, -0.2) is 25.9 Å². The van der Waals surface area contributed by atoms with Gasteiger partial charge in [-0.15, -0.1) is 0 Å². The Kier molecular flexibility index (Phi) is 3.77. The summed E-state index contributed by atoms with van der Waals surface area (Å²) in [6.45, 7) is 0. The topological polar surface area (TPSA) is 109 Å². The van der Waals surface area contributed by atoms with Crippen LogP contribution in [0.1, 0.15) is 61.8 Å². The van der Waals surface area contributed by atoms with Crippen molar-refractivity contribution in [1.82, 2.24) is 20.0 Å². The number of anilines is 1. The van der Waals surface area contributed by atoms with Crippen LogP contribution in [0.3, 0.4) is 0 Å². The monoisotopic (exact) mass is 367 g/mol. The predicted octanol–water partition coefficient (Wildman–Crippen LogP) is 3.14. The number of aromatic nitrogens is 4. The maximum Gasteiger partial charge on any atom is 0.270 e. The van der Waals surface area contributed by atoms with Gasteiger partial charge in [0.1, 0.15) is 17.3 Å². The molecule has 0 radical (unpaired) electrons. The highest BCUT2D eigenvalue weighted by molar-refractivity contribution is 5.94. The summed E-state index contributed by atoms with van der Waals surface area (Å²) < 4.78 is 7.84. The number of aromatic amines is 2.